The topological polar surface area (TPSA) is 65.1 Å². The Morgan fingerprint density at radius 3 is 3.00 bits per heavy atom. The maximum Gasteiger partial charge on any atom is 0.0992 e. The molecule has 18 heavy (non-hydrogen) atoms. The smallest absolute Gasteiger partial charge is 0.0992 e. The van der Waals surface area contributed by atoms with Gasteiger partial charge in [0.15, 0.2) is 0 Å². The highest BCUT2D eigenvalue weighted by molar-refractivity contribution is 5.68. The lowest BCUT2D eigenvalue weighted by molar-refractivity contribution is 0.390. The first kappa shape index (κ1) is 12.7. The highest BCUT2D eigenvalue weighted by Crippen LogP contribution is 2.21. The number of rotatable bonds is 4. The zero-order chi connectivity index (χ0) is 13.0. The van der Waals surface area contributed by atoms with Gasteiger partial charge in [0, 0.05) is 13.1 Å². The van der Waals surface area contributed by atoms with Gasteiger partial charge in [-0.2, -0.15) is 5.26 Å². The Morgan fingerprint density at radius 1 is 1.56 bits per heavy atom. The van der Waals surface area contributed by atoms with Crippen molar-refractivity contribution in [3.05, 3.63) is 23.8 Å². The third-order valence-electron chi connectivity index (χ3n) is 3.54. The van der Waals surface area contributed by atoms with Crippen molar-refractivity contribution in [2.24, 2.45) is 5.92 Å². The molecule has 0 radical (unpaired) electrons. The molecule has 96 valence electrons. The van der Waals surface area contributed by atoms with Gasteiger partial charge in [0.1, 0.15) is 0 Å². The van der Waals surface area contributed by atoms with Crippen LogP contribution in [0.4, 0.5) is 11.4 Å². The summed E-state index contributed by atoms with van der Waals surface area (Å²) in [6, 6.07) is 7.48. The molecule has 1 fully saturated rings. The van der Waals surface area contributed by atoms with Crippen molar-refractivity contribution in [1.29, 1.82) is 5.26 Å². The number of hydrogen-bond donors (Lipinski definition) is 2. The molecule has 1 atom stereocenters. The van der Waals surface area contributed by atoms with Gasteiger partial charge in [0.2, 0.25) is 0 Å². The van der Waals surface area contributed by atoms with Crippen LogP contribution in [0.15, 0.2) is 18.2 Å². The molecule has 2 rings (SSSR count). The van der Waals surface area contributed by atoms with E-state index in [1.807, 2.05) is 6.07 Å². The van der Waals surface area contributed by atoms with Crippen LogP contribution in [0, 0.1) is 17.2 Å². The molecule has 4 heteroatoms. The van der Waals surface area contributed by atoms with Crippen molar-refractivity contribution in [1.82, 2.24) is 4.90 Å². The maximum absolute atomic E-state index is 8.77. The molecule has 0 amide bonds. The number of hydrogen-bond acceptors (Lipinski definition) is 4. The van der Waals surface area contributed by atoms with Gasteiger partial charge >= 0.3 is 0 Å². The van der Waals surface area contributed by atoms with Crippen LogP contribution in [0.5, 0.6) is 0 Å². The number of likely N-dealkylation sites (tertiary alicyclic amines) is 1. The first-order valence-electron chi connectivity index (χ1n) is 6.41. The van der Waals surface area contributed by atoms with E-state index in [-0.39, 0.29) is 0 Å². The van der Waals surface area contributed by atoms with E-state index < -0.39 is 0 Å². The minimum atomic E-state index is 0.607. The Hall–Kier alpha value is -1.73. The Labute approximate surface area is 108 Å². The van der Waals surface area contributed by atoms with Crippen LogP contribution in [0.25, 0.3) is 0 Å². The van der Waals surface area contributed by atoms with E-state index in [1.165, 1.54) is 25.9 Å². The quantitative estimate of drug-likeness (QED) is 0.794. The Kier molecular flexibility index (Phi) is 4.06. The fourth-order valence-corrected chi connectivity index (χ4v) is 2.47. The second kappa shape index (κ2) is 5.74. The lowest BCUT2D eigenvalue weighted by Gasteiger charge is -2.13. The number of nitrogens with two attached hydrogens (primary N) is 1. The monoisotopic (exact) mass is 244 g/mol. The van der Waals surface area contributed by atoms with Gasteiger partial charge < -0.3 is 16.0 Å². The molecule has 0 saturated carbocycles. The lowest BCUT2D eigenvalue weighted by Crippen LogP contribution is -2.16. The number of nitrogens with one attached hydrogen (secondary N) is 1. The Bertz CT molecular complexity index is 450. The lowest BCUT2D eigenvalue weighted by atomic mass is 10.1. The van der Waals surface area contributed by atoms with Gasteiger partial charge in [-0.3, -0.25) is 0 Å². The van der Waals surface area contributed by atoms with E-state index in [4.69, 9.17) is 11.0 Å². The number of nitrogens with zero attached hydrogens (tertiary/aromatic N) is 2. The summed E-state index contributed by atoms with van der Waals surface area (Å²) in [5.74, 6) is 0.794. The molecule has 0 aliphatic carbocycles. The molecular formula is C14H20N4. The third kappa shape index (κ3) is 3.14. The normalized spacial score (nSPS) is 19.7. The van der Waals surface area contributed by atoms with E-state index in [0.29, 0.717) is 11.3 Å². The van der Waals surface area contributed by atoms with Crippen molar-refractivity contribution in [3.8, 4) is 6.07 Å². The SMILES string of the molecule is CN1CCC(CCNc2ccc(C#N)cc2N)C1. The van der Waals surface area contributed by atoms with Crippen LogP contribution in [-0.4, -0.2) is 31.6 Å². The van der Waals surface area contributed by atoms with Gasteiger partial charge in [-0.15, -0.1) is 0 Å². The fraction of sp³-hybridized carbons (Fsp3) is 0.500. The molecule has 1 aromatic rings. The second-order valence-electron chi connectivity index (χ2n) is 5.05. The first-order chi connectivity index (χ1) is 8.69. The van der Waals surface area contributed by atoms with E-state index in [9.17, 15) is 0 Å². The number of nitriles is 1. The van der Waals surface area contributed by atoms with Gasteiger partial charge in [-0.1, -0.05) is 0 Å². The first-order valence-corrected chi connectivity index (χ1v) is 6.41. The summed E-state index contributed by atoms with van der Waals surface area (Å²) in [6.07, 6.45) is 2.46. The van der Waals surface area contributed by atoms with Crippen molar-refractivity contribution >= 4 is 11.4 Å². The predicted octanol–water partition coefficient (Wildman–Crippen LogP) is 1.89. The molecule has 1 aromatic carbocycles. The molecule has 3 N–H and O–H groups in total. The van der Waals surface area contributed by atoms with Gasteiger partial charge in [-0.05, 0) is 50.6 Å². The molecule has 4 nitrogen and oxygen atoms in total. The average molecular weight is 244 g/mol. The molecule has 0 bridgehead atoms. The van der Waals surface area contributed by atoms with E-state index >= 15 is 0 Å². The van der Waals surface area contributed by atoms with Crippen molar-refractivity contribution in [2.45, 2.75) is 12.8 Å². The summed E-state index contributed by atoms with van der Waals surface area (Å²) in [5.41, 5.74) is 8.08. The van der Waals surface area contributed by atoms with Gasteiger partial charge in [-0.25, -0.2) is 0 Å². The van der Waals surface area contributed by atoms with Crippen LogP contribution in [0.3, 0.4) is 0 Å². The molecule has 1 unspecified atom stereocenters. The van der Waals surface area contributed by atoms with Crippen LogP contribution >= 0.6 is 0 Å². The molecule has 1 aliphatic rings. The molecule has 1 saturated heterocycles. The summed E-state index contributed by atoms with van der Waals surface area (Å²) in [7, 11) is 2.17. The van der Waals surface area contributed by atoms with Gasteiger partial charge in [0.25, 0.3) is 0 Å². The van der Waals surface area contributed by atoms with Crippen LogP contribution in [-0.2, 0) is 0 Å². The van der Waals surface area contributed by atoms with Crippen LogP contribution < -0.4 is 11.1 Å². The van der Waals surface area contributed by atoms with Gasteiger partial charge in [0.05, 0.1) is 23.0 Å². The van der Waals surface area contributed by atoms with E-state index in [0.717, 1.165) is 18.2 Å². The Balaban J connectivity index is 1.82. The third-order valence-corrected chi connectivity index (χ3v) is 3.54. The van der Waals surface area contributed by atoms with E-state index in [2.05, 4.69) is 23.3 Å². The van der Waals surface area contributed by atoms with Crippen molar-refractivity contribution < 1.29 is 0 Å². The van der Waals surface area contributed by atoms with Crippen LogP contribution in [0.2, 0.25) is 0 Å². The fourth-order valence-electron chi connectivity index (χ4n) is 2.47. The van der Waals surface area contributed by atoms with E-state index in [1.54, 1.807) is 12.1 Å². The molecule has 1 aliphatic heterocycles. The zero-order valence-electron chi connectivity index (χ0n) is 10.8. The minimum absolute atomic E-state index is 0.607. The number of anilines is 2. The summed E-state index contributed by atoms with van der Waals surface area (Å²) >= 11 is 0. The standard InChI is InChI=1S/C14H20N4/c1-18-7-5-11(10-18)4-6-17-14-3-2-12(9-15)8-13(14)16/h2-3,8,11,17H,4-7,10,16H2,1H3. The molecular weight excluding hydrogens is 224 g/mol. The zero-order valence-corrected chi connectivity index (χ0v) is 10.8. The summed E-state index contributed by atoms with van der Waals surface area (Å²) in [5, 5.41) is 12.1. The molecule has 0 spiro atoms. The second-order valence-corrected chi connectivity index (χ2v) is 5.05. The minimum Gasteiger partial charge on any atom is -0.397 e. The molecule has 0 aromatic heterocycles. The van der Waals surface area contributed by atoms with Crippen molar-refractivity contribution in [2.75, 3.05) is 37.7 Å². The largest absolute Gasteiger partial charge is 0.397 e. The predicted molar refractivity (Wildman–Crippen MR) is 74.3 cm³/mol. The Morgan fingerprint density at radius 2 is 2.39 bits per heavy atom. The van der Waals surface area contributed by atoms with Crippen molar-refractivity contribution in [3.63, 3.8) is 0 Å². The number of nitrogen functional groups attached to an aromatic ring is 1. The maximum atomic E-state index is 8.77. The average Bonchev–Trinajstić information content (AvgIpc) is 2.77. The number of benzene rings is 1. The summed E-state index contributed by atoms with van der Waals surface area (Å²) in [4.78, 5) is 2.38. The summed E-state index contributed by atoms with van der Waals surface area (Å²) < 4.78 is 0. The highest BCUT2D eigenvalue weighted by atomic mass is 15.1. The van der Waals surface area contributed by atoms with Crippen LogP contribution in [0.1, 0.15) is 18.4 Å². The highest BCUT2D eigenvalue weighted by Gasteiger charge is 2.18. The summed E-state index contributed by atoms with van der Waals surface area (Å²) in [6.45, 7) is 3.35. The molecule has 1 heterocycles.